The molecule has 0 unspecified atom stereocenters. The Bertz CT molecular complexity index is 788. The zero-order valence-electron chi connectivity index (χ0n) is 19.4. The average molecular weight is 447 g/mol. The van der Waals surface area contributed by atoms with Gasteiger partial charge in [-0.1, -0.05) is 44.1 Å². The molecule has 0 spiro atoms. The van der Waals surface area contributed by atoms with Gasteiger partial charge in [0.25, 0.3) is 0 Å². The summed E-state index contributed by atoms with van der Waals surface area (Å²) in [5.74, 6) is -1.65. The minimum Gasteiger partial charge on any atom is -0.469 e. The first-order valence-electron chi connectivity index (χ1n) is 10.9. The van der Waals surface area contributed by atoms with Gasteiger partial charge in [0.1, 0.15) is 6.10 Å². The SMILES string of the molecule is CCCCC/C=C\C[C@@]1(OC(C)=O)C=CC(=O)/C1=C\C=C\[C@H](CCC(=O)OC)OC(C)=O. The standard InChI is InChI=1S/C25H34O7/c1-5-6-7-8-9-10-17-25(32-20(3)27)18-16-23(28)22(25)13-11-12-21(31-19(2)26)14-15-24(29)30-4/h9-13,16,18,21H,5-8,14-15,17H2,1-4H3/b10-9-,12-11+,22-13+/t21-,25-/m1/s1. The second-order valence-corrected chi connectivity index (χ2v) is 7.58. The van der Waals surface area contributed by atoms with Crippen LogP contribution in [0, 0.1) is 0 Å². The molecule has 0 radical (unpaired) electrons. The van der Waals surface area contributed by atoms with Gasteiger partial charge >= 0.3 is 17.9 Å². The predicted octanol–water partition coefficient (Wildman–Crippen LogP) is 4.32. The molecule has 0 aromatic carbocycles. The number of esters is 3. The van der Waals surface area contributed by atoms with E-state index in [0.29, 0.717) is 12.0 Å². The largest absolute Gasteiger partial charge is 0.469 e. The maximum absolute atomic E-state index is 12.5. The van der Waals surface area contributed by atoms with Gasteiger partial charge in [-0.3, -0.25) is 19.2 Å². The smallest absolute Gasteiger partial charge is 0.305 e. The zero-order chi connectivity index (χ0) is 24.0. The highest BCUT2D eigenvalue weighted by atomic mass is 16.6. The van der Waals surface area contributed by atoms with Crippen LogP contribution in [-0.4, -0.2) is 42.5 Å². The zero-order valence-corrected chi connectivity index (χ0v) is 19.4. The maximum atomic E-state index is 12.5. The van der Waals surface area contributed by atoms with Gasteiger partial charge in [-0.05, 0) is 37.5 Å². The second-order valence-electron chi connectivity index (χ2n) is 7.58. The van der Waals surface area contributed by atoms with E-state index in [4.69, 9.17) is 9.47 Å². The van der Waals surface area contributed by atoms with E-state index in [9.17, 15) is 19.2 Å². The summed E-state index contributed by atoms with van der Waals surface area (Å²) in [6, 6.07) is 0. The Kier molecular flexibility index (Phi) is 12.0. The lowest BCUT2D eigenvalue weighted by Crippen LogP contribution is -2.33. The van der Waals surface area contributed by atoms with Crippen LogP contribution < -0.4 is 0 Å². The highest BCUT2D eigenvalue weighted by molar-refractivity contribution is 6.09. The van der Waals surface area contributed by atoms with Crippen LogP contribution in [0.4, 0.5) is 0 Å². The summed E-state index contributed by atoms with van der Waals surface area (Å²) in [5, 5.41) is 0. The summed E-state index contributed by atoms with van der Waals surface area (Å²) >= 11 is 0. The summed E-state index contributed by atoms with van der Waals surface area (Å²) in [4.78, 5) is 47.0. The van der Waals surface area contributed by atoms with E-state index in [2.05, 4.69) is 11.7 Å². The third kappa shape index (κ3) is 9.45. The lowest BCUT2D eigenvalue weighted by molar-refractivity contribution is -0.149. The Hall–Kier alpha value is -2.96. The van der Waals surface area contributed by atoms with Gasteiger partial charge in [-0.25, -0.2) is 0 Å². The van der Waals surface area contributed by atoms with Crippen LogP contribution in [0.1, 0.15) is 65.7 Å². The van der Waals surface area contributed by atoms with Crippen molar-refractivity contribution >= 4 is 23.7 Å². The van der Waals surface area contributed by atoms with Crippen molar-refractivity contribution in [3.8, 4) is 0 Å². The van der Waals surface area contributed by atoms with Crippen molar-refractivity contribution in [3.05, 3.63) is 48.1 Å². The Morgan fingerprint density at radius 2 is 1.88 bits per heavy atom. The quantitative estimate of drug-likeness (QED) is 0.137. The monoisotopic (exact) mass is 446 g/mol. The van der Waals surface area contributed by atoms with Crippen molar-refractivity contribution in [2.24, 2.45) is 0 Å². The van der Waals surface area contributed by atoms with E-state index >= 15 is 0 Å². The third-order valence-corrected chi connectivity index (χ3v) is 4.88. The Morgan fingerprint density at radius 1 is 1.12 bits per heavy atom. The minimum absolute atomic E-state index is 0.0794. The molecule has 7 nitrogen and oxygen atoms in total. The number of hydrogen-bond donors (Lipinski definition) is 0. The lowest BCUT2D eigenvalue weighted by atomic mass is 9.91. The third-order valence-electron chi connectivity index (χ3n) is 4.88. The number of allylic oxidation sites excluding steroid dienone is 4. The number of ketones is 1. The molecule has 7 heteroatoms. The highest BCUT2D eigenvalue weighted by Gasteiger charge is 2.41. The summed E-state index contributed by atoms with van der Waals surface area (Å²) in [6.45, 7) is 4.72. The van der Waals surface area contributed by atoms with E-state index in [0.717, 1.165) is 25.7 Å². The molecule has 32 heavy (non-hydrogen) atoms. The molecule has 0 amide bonds. The first-order chi connectivity index (χ1) is 15.2. The van der Waals surface area contributed by atoms with Gasteiger partial charge < -0.3 is 14.2 Å². The molecule has 0 aliphatic heterocycles. The second kappa shape index (κ2) is 14.2. The summed E-state index contributed by atoms with van der Waals surface area (Å²) in [7, 11) is 1.29. The normalized spacial score (nSPS) is 20.2. The van der Waals surface area contributed by atoms with Crippen molar-refractivity contribution in [1.82, 2.24) is 0 Å². The summed E-state index contributed by atoms with van der Waals surface area (Å²) in [5.41, 5.74) is -0.853. The molecule has 0 aromatic heterocycles. The molecule has 1 aliphatic carbocycles. The van der Waals surface area contributed by atoms with Crippen LogP contribution in [0.25, 0.3) is 0 Å². The fourth-order valence-corrected chi connectivity index (χ4v) is 3.32. The number of ether oxygens (including phenoxy) is 3. The van der Waals surface area contributed by atoms with Crippen LogP contribution in [0.5, 0.6) is 0 Å². The molecule has 0 saturated carbocycles. The predicted molar refractivity (Wildman–Crippen MR) is 121 cm³/mol. The molecule has 0 heterocycles. The fraction of sp³-hybridized carbons (Fsp3) is 0.520. The van der Waals surface area contributed by atoms with Crippen LogP contribution in [-0.2, 0) is 33.4 Å². The van der Waals surface area contributed by atoms with E-state index in [1.807, 2.05) is 12.2 Å². The van der Waals surface area contributed by atoms with Gasteiger partial charge in [-0.2, -0.15) is 0 Å². The number of rotatable bonds is 13. The van der Waals surface area contributed by atoms with Gasteiger partial charge in [0.2, 0.25) is 0 Å². The van der Waals surface area contributed by atoms with E-state index < -0.39 is 29.6 Å². The molecule has 176 valence electrons. The van der Waals surface area contributed by atoms with Gasteiger partial charge in [-0.15, -0.1) is 0 Å². The van der Waals surface area contributed by atoms with E-state index in [-0.39, 0.29) is 18.6 Å². The molecular formula is C25H34O7. The van der Waals surface area contributed by atoms with E-state index in [1.54, 1.807) is 24.3 Å². The Morgan fingerprint density at radius 3 is 2.50 bits per heavy atom. The van der Waals surface area contributed by atoms with Crippen molar-refractivity contribution in [3.63, 3.8) is 0 Å². The lowest BCUT2D eigenvalue weighted by Gasteiger charge is -2.27. The van der Waals surface area contributed by atoms with Crippen LogP contribution >= 0.6 is 0 Å². The fourth-order valence-electron chi connectivity index (χ4n) is 3.32. The highest BCUT2D eigenvalue weighted by Crippen LogP contribution is 2.34. The average Bonchev–Trinajstić information content (AvgIpc) is 3.03. The molecule has 1 rings (SSSR count). The molecule has 1 aliphatic rings. The van der Waals surface area contributed by atoms with E-state index in [1.165, 1.54) is 27.0 Å². The summed E-state index contributed by atoms with van der Waals surface area (Å²) in [6.07, 6.45) is 16.0. The minimum atomic E-state index is -1.17. The number of methoxy groups -OCH3 is 1. The number of carbonyl (C=O) groups excluding carboxylic acids is 4. The Labute approximate surface area is 190 Å². The van der Waals surface area contributed by atoms with Gasteiger partial charge in [0.05, 0.1) is 7.11 Å². The molecule has 2 atom stereocenters. The Balaban J connectivity index is 3.02. The van der Waals surface area contributed by atoms with Crippen molar-refractivity contribution in [2.45, 2.75) is 77.4 Å². The number of carbonyl (C=O) groups is 4. The number of hydrogen-bond acceptors (Lipinski definition) is 7. The molecule has 0 N–H and O–H groups in total. The first-order valence-corrected chi connectivity index (χ1v) is 10.9. The molecule has 0 aromatic rings. The molecule has 0 fully saturated rings. The summed E-state index contributed by atoms with van der Waals surface area (Å²) < 4.78 is 15.4. The number of unbranched alkanes of at least 4 members (excludes halogenated alkanes) is 3. The van der Waals surface area contributed by atoms with Crippen molar-refractivity contribution in [1.29, 1.82) is 0 Å². The van der Waals surface area contributed by atoms with Crippen molar-refractivity contribution < 1.29 is 33.4 Å². The maximum Gasteiger partial charge on any atom is 0.305 e. The first kappa shape index (κ1) is 27.1. The van der Waals surface area contributed by atoms with Crippen LogP contribution in [0.2, 0.25) is 0 Å². The van der Waals surface area contributed by atoms with Crippen LogP contribution in [0.15, 0.2) is 48.1 Å². The van der Waals surface area contributed by atoms with Gasteiger partial charge in [0, 0.05) is 32.3 Å². The molecule has 0 saturated heterocycles. The van der Waals surface area contributed by atoms with Crippen LogP contribution in [0.3, 0.4) is 0 Å². The topological polar surface area (TPSA) is 96.0 Å². The van der Waals surface area contributed by atoms with Gasteiger partial charge in [0.15, 0.2) is 11.4 Å². The molecule has 0 bridgehead atoms. The van der Waals surface area contributed by atoms with Crippen molar-refractivity contribution in [2.75, 3.05) is 7.11 Å². The molecular weight excluding hydrogens is 412 g/mol.